The van der Waals surface area contributed by atoms with Crippen molar-refractivity contribution in [3.63, 3.8) is 0 Å². The maximum atomic E-state index is 11.9. The average molecular weight is 222 g/mol. The Kier molecular flexibility index (Phi) is 4.17. The van der Waals surface area contributed by atoms with E-state index in [2.05, 4.69) is 0 Å². The van der Waals surface area contributed by atoms with Crippen LogP contribution in [0.4, 0.5) is 0 Å². The van der Waals surface area contributed by atoms with Crippen LogP contribution >= 0.6 is 0 Å². The van der Waals surface area contributed by atoms with Gasteiger partial charge in [0.25, 0.3) is 0 Å². The Labute approximate surface area is 93.6 Å². The van der Waals surface area contributed by atoms with Gasteiger partial charge in [0.2, 0.25) is 5.78 Å². The van der Waals surface area contributed by atoms with Crippen molar-refractivity contribution in [1.29, 1.82) is 0 Å². The van der Waals surface area contributed by atoms with Gasteiger partial charge in [-0.2, -0.15) is 0 Å². The Morgan fingerprint density at radius 3 is 2.12 bits per heavy atom. The lowest BCUT2D eigenvalue weighted by molar-refractivity contribution is -0.119. The van der Waals surface area contributed by atoms with Gasteiger partial charge in [-0.15, -0.1) is 0 Å². The van der Waals surface area contributed by atoms with E-state index in [4.69, 9.17) is 4.42 Å². The molecule has 0 spiro atoms. The summed E-state index contributed by atoms with van der Waals surface area (Å²) in [6.07, 6.45) is 1.56. The minimum atomic E-state index is -0.596. The first-order valence-corrected chi connectivity index (χ1v) is 5.07. The number of hydrogen-bond donors (Lipinski definition) is 0. The molecule has 4 heteroatoms. The molecule has 0 fully saturated rings. The summed E-state index contributed by atoms with van der Waals surface area (Å²) < 4.78 is 4.97. The summed E-state index contributed by atoms with van der Waals surface area (Å²) in [5, 5.41) is 0. The van der Waals surface area contributed by atoms with Gasteiger partial charge in [0, 0.05) is 18.8 Å². The molecule has 1 rings (SSSR count). The summed E-state index contributed by atoms with van der Waals surface area (Å²) in [6, 6.07) is 3.14. The van der Waals surface area contributed by atoms with Gasteiger partial charge in [-0.05, 0) is 26.0 Å². The number of furan rings is 1. The molecule has 0 aliphatic rings. The molecule has 0 bridgehead atoms. The van der Waals surface area contributed by atoms with E-state index in [1.54, 1.807) is 6.07 Å². The van der Waals surface area contributed by atoms with E-state index in [1.165, 1.54) is 26.2 Å². The quantitative estimate of drug-likeness (QED) is 0.691. The molecule has 0 amide bonds. The normalized spacial score (nSPS) is 10.4. The van der Waals surface area contributed by atoms with Crippen LogP contribution in [0, 0.1) is 5.92 Å². The maximum absolute atomic E-state index is 11.9. The fourth-order valence-electron chi connectivity index (χ4n) is 1.57. The number of ketones is 3. The lowest BCUT2D eigenvalue weighted by atomic mass is 9.91. The molecule has 0 radical (unpaired) electrons. The van der Waals surface area contributed by atoms with E-state index in [1.807, 2.05) is 0 Å². The minimum absolute atomic E-state index is 0.0825. The highest BCUT2D eigenvalue weighted by Crippen LogP contribution is 2.17. The zero-order chi connectivity index (χ0) is 12.1. The third-order valence-corrected chi connectivity index (χ3v) is 2.20. The van der Waals surface area contributed by atoms with E-state index < -0.39 is 5.92 Å². The molecule has 86 valence electrons. The highest BCUT2D eigenvalue weighted by Gasteiger charge is 2.24. The summed E-state index contributed by atoms with van der Waals surface area (Å²) in [6.45, 7) is 2.81. The minimum Gasteiger partial charge on any atom is -0.461 e. The number of hydrogen-bond acceptors (Lipinski definition) is 4. The van der Waals surface area contributed by atoms with Crippen LogP contribution in [0.1, 0.15) is 37.2 Å². The van der Waals surface area contributed by atoms with Crippen molar-refractivity contribution in [3.05, 3.63) is 24.2 Å². The second kappa shape index (κ2) is 5.39. The predicted molar refractivity (Wildman–Crippen MR) is 57.1 cm³/mol. The van der Waals surface area contributed by atoms with E-state index >= 15 is 0 Å². The predicted octanol–water partition coefficient (Wildman–Crippen LogP) is 2.04. The molecule has 0 atom stereocenters. The van der Waals surface area contributed by atoms with Gasteiger partial charge >= 0.3 is 0 Å². The Hall–Kier alpha value is -1.71. The molecule has 0 N–H and O–H groups in total. The van der Waals surface area contributed by atoms with Crippen molar-refractivity contribution in [1.82, 2.24) is 0 Å². The largest absolute Gasteiger partial charge is 0.461 e. The molecule has 4 nitrogen and oxygen atoms in total. The molecule has 16 heavy (non-hydrogen) atoms. The van der Waals surface area contributed by atoms with Crippen molar-refractivity contribution in [2.45, 2.75) is 26.7 Å². The van der Waals surface area contributed by atoms with Gasteiger partial charge in [0.15, 0.2) is 5.76 Å². The molecule has 0 saturated heterocycles. The Morgan fingerprint density at radius 1 is 1.19 bits per heavy atom. The summed E-state index contributed by atoms with van der Waals surface area (Å²) in [5.41, 5.74) is 0. The van der Waals surface area contributed by atoms with Gasteiger partial charge in [-0.3, -0.25) is 4.79 Å². The summed E-state index contributed by atoms with van der Waals surface area (Å²) in [7, 11) is 0. The first kappa shape index (κ1) is 12.4. The summed E-state index contributed by atoms with van der Waals surface area (Å²) >= 11 is 0. The zero-order valence-corrected chi connectivity index (χ0v) is 9.36. The van der Waals surface area contributed by atoms with Crippen LogP contribution in [-0.4, -0.2) is 17.3 Å². The Bertz CT molecular complexity index is 373. The van der Waals surface area contributed by atoms with Crippen molar-refractivity contribution in [2.24, 2.45) is 5.92 Å². The zero-order valence-electron chi connectivity index (χ0n) is 9.36. The van der Waals surface area contributed by atoms with E-state index in [0.717, 1.165) is 0 Å². The maximum Gasteiger partial charge on any atom is 0.201 e. The van der Waals surface area contributed by atoms with Crippen LogP contribution in [0.15, 0.2) is 22.8 Å². The molecule has 1 aromatic rings. The molecule has 1 heterocycles. The van der Waals surface area contributed by atoms with Crippen LogP contribution in [0.25, 0.3) is 0 Å². The molecule has 0 aliphatic heterocycles. The van der Waals surface area contributed by atoms with Crippen LogP contribution in [0.5, 0.6) is 0 Å². The van der Waals surface area contributed by atoms with E-state index in [-0.39, 0.29) is 36.0 Å². The van der Waals surface area contributed by atoms with Gasteiger partial charge in [0.1, 0.15) is 11.6 Å². The van der Waals surface area contributed by atoms with Crippen LogP contribution in [-0.2, 0) is 9.59 Å². The second-order valence-corrected chi connectivity index (χ2v) is 3.85. The highest BCUT2D eigenvalue weighted by atomic mass is 16.3. The summed E-state index contributed by atoms with van der Waals surface area (Å²) in [4.78, 5) is 33.9. The van der Waals surface area contributed by atoms with Crippen molar-refractivity contribution in [3.8, 4) is 0 Å². The lowest BCUT2D eigenvalue weighted by Crippen LogP contribution is -2.19. The van der Waals surface area contributed by atoms with Crippen molar-refractivity contribution < 1.29 is 18.8 Å². The van der Waals surface area contributed by atoms with E-state index in [0.29, 0.717) is 0 Å². The molecule has 0 unspecified atom stereocenters. The SMILES string of the molecule is CC(=O)CC(CC(C)=O)C(=O)c1ccco1. The Morgan fingerprint density at radius 2 is 1.75 bits per heavy atom. The van der Waals surface area contributed by atoms with Crippen LogP contribution in [0.2, 0.25) is 0 Å². The first-order valence-electron chi connectivity index (χ1n) is 5.07. The fourth-order valence-corrected chi connectivity index (χ4v) is 1.57. The topological polar surface area (TPSA) is 64.3 Å². The number of rotatable bonds is 6. The Balaban J connectivity index is 2.79. The first-order chi connectivity index (χ1) is 7.50. The fraction of sp³-hybridized carbons (Fsp3) is 0.417. The second-order valence-electron chi connectivity index (χ2n) is 3.85. The lowest BCUT2D eigenvalue weighted by Gasteiger charge is -2.10. The molecular weight excluding hydrogens is 208 g/mol. The molecule has 0 aromatic carbocycles. The third kappa shape index (κ3) is 3.46. The highest BCUT2D eigenvalue weighted by molar-refractivity contribution is 5.99. The summed E-state index contributed by atoms with van der Waals surface area (Å²) in [5.74, 6) is -0.888. The molecular formula is C12H14O4. The molecule has 0 aliphatic carbocycles. The molecule has 0 saturated carbocycles. The third-order valence-electron chi connectivity index (χ3n) is 2.20. The van der Waals surface area contributed by atoms with Crippen molar-refractivity contribution >= 4 is 17.3 Å². The molecule has 1 aromatic heterocycles. The van der Waals surface area contributed by atoms with Gasteiger partial charge < -0.3 is 14.0 Å². The van der Waals surface area contributed by atoms with Crippen molar-refractivity contribution in [2.75, 3.05) is 0 Å². The van der Waals surface area contributed by atoms with Gasteiger partial charge in [-0.1, -0.05) is 0 Å². The number of carbonyl (C=O) groups excluding carboxylic acids is 3. The van der Waals surface area contributed by atoms with Crippen LogP contribution in [0.3, 0.4) is 0 Å². The monoisotopic (exact) mass is 222 g/mol. The number of carbonyl (C=O) groups is 3. The number of Topliss-reactive ketones (excluding diaryl/α,β-unsaturated/α-hetero) is 3. The smallest absolute Gasteiger partial charge is 0.201 e. The standard InChI is InChI=1S/C12H14O4/c1-8(13)6-10(7-9(2)14)12(15)11-4-3-5-16-11/h3-5,10H,6-7H2,1-2H3. The van der Waals surface area contributed by atoms with E-state index in [9.17, 15) is 14.4 Å². The van der Waals surface area contributed by atoms with Gasteiger partial charge in [-0.25, -0.2) is 0 Å². The average Bonchev–Trinajstić information content (AvgIpc) is 2.66. The van der Waals surface area contributed by atoms with Gasteiger partial charge in [0.05, 0.1) is 6.26 Å². The van der Waals surface area contributed by atoms with Crippen LogP contribution < -0.4 is 0 Å².